The fourth-order valence-electron chi connectivity index (χ4n) is 6.81. The average Bonchev–Trinajstić information content (AvgIpc) is 4.03. The molecule has 53 heavy (non-hydrogen) atoms. The summed E-state index contributed by atoms with van der Waals surface area (Å²) in [5, 5.41) is 5.86. The molecule has 2 aliphatic carbocycles. The molecule has 17 heteroatoms. The minimum absolute atomic E-state index is 0.00385. The predicted octanol–water partition coefficient (Wildman–Crippen LogP) is 4.28. The number of halogens is 3. The van der Waals surface area contributed by atoms with Gasteiger partial charge in [0.25, 0.3) is 5.91 Å². The Balaban J connectivity index is 1.31. The number of hydrogen-bond acceptors (Lipinski definition) is 9. The van der Waals surface area contributed by atoms with E-state index >= 15 is 0 Å². The summed E-state index contributed by atoms with van der Waals surface area (Å²) in [6.07, 6.45) is 0.999. The van der Waals surface area contributed by atoms with Crippen molar-refractivity contribution in [2.75, 3.05) is 13.2 Å². The van der Waals surface area contributed by atoms with Crippen molar-refractivity contribution >= 4 is 50.7 Å². The maximum Gasteiger partial charge on any atom is 0.407 e. The average molecular weight is 762 g/mol. The molecule has 1 aromatic heterocycles. The maximum absolute atomic E-state index is 14.2. The lowest BCUT2D eigenvalue weighted by Crippen LogP contribution is -2.58. The number of carbonyl (C=O) groups excluding carboxylic acids is 4. The maximum atomic E-state index is 14.2. The number of alkyl halides is 3. The number of nitrogens with zero attached hydrogens (tertiary/aromatic N) is 2. The number of alkyl carbamates (subject to hydrolysis) is 1. The van der Waals surface area contributed by atoms with E-state index in [1.807, 2.05) is 30.4 Å². The van der Waals surface area contributed by atoms with E-state index in [4.69, 9.17) is 9.47 Å². The van der Waals surface area contributed by atoms with Crippen LogP contribution < -0.4 is 20.1 Å². The van der Waals surface area contributed by atoms with Crippen molar-refractivity contribution in [3.8, 4) is 5.88 Å². The number of rotatable bonds is 9. The highest BCUT2D eigenvalue weighted by Crippen LogP contribution is 2.45. The third kappa shape index (κ3) is 9.11. The molecular weight excluding hydrogens is 719 g/mol. The van der Waals surface area contributed by atoms with Gasteiger partial charge >= 0.3 is 12.3 Å². The Morgan fingerprint density at radius 2 is 1.96 bits per heavy atom. The summed E-state index contributed by atoms with van der Waals surface area (Å²) >= 11 is 0. The van der Waals surface area contributed by atoms with Gasteiger partial charge in [-0.25, -0.2) is 18.2 Å². The zero-order chi connectivity index (χ0) is 38.0. The van der Waals surface area contributed by atoms with Gasteiger partial charge in [-0.2, -0.15) is 13.2 Å². The van der Waals surface area contributed by atoms with Crippen molar-refractivity contribution in [1.29, 1.82) is 0 Å². The normalized spacial score (nSPS) is 27.3. The molecule has 0 spiro atoms. The Hall–Kier alpha value is -4.67. The van der Waals surface area contributed by atoms with Crippen LogP contribution in [0.15, 0.2) is 49.2 Å². The van der Waals surface area contributed by atoms with E-state index in [9.17, 15) is 40.8 Å². The van der Waals surface area contributed by atoms with E-state index < -0.39 is 94.2 Å². The SMILES string of the molecule is C=C[C@@H]1C[C@]1(NC(=O)[C@@H]1C[C@@H]2CN1C(=O)[C@@H](CCCC(F)(F)F)NC(=O)OCCCC/C=C/c1ccc3ccnc(c3c1)O2)C(=O)NS(=O)(=O)C1CC1. The molecule has 1 aromatic carbocycles. The predicted molar refractivity (Wildman–Crippen MR) is 187 cm³/mol. The van der Waals surface area contributed by atoms with Crippen LogP contribution in [-0.2, 0) is 29.1 Å². The van der Waals surface area contributed by atoms with E-state index in [0.29, 0.717) is 37.5 Å². The summed E-state index contributed by atoms with van der Waals surface area (Å²) < 4.78 is 78.4. The van der Waals surface area contributed by atoms with E-state index in [1.165, 1.54) is 6.08 Å². The second kappa shape index (κ2) is 15.4. The Labute approximate surface area is 304 Å². The molecular formula is C36H42F3N5O8S. The lowest BCUT2D eigenvalue weighted by Gasteiger charge is -2.29. The molecule has 6 rings (SSSR count). The van der Waals surface area contributed by atoms with Crippen LogP contribution in [0.3, 0.4) is 0 Å². The first-order valence-electron chi connectivity index (χ1n) is 17.7. The van der Waals surface area contributed by atoms with Gasteiger partial charge in [-0.15, -0.1) is 6.58 Å². The molecule has 2 aliphatic heterocycles. The summed E-state index contributed by atoms with van der Waals surface area (Å²) in [6, 6.07) is 4.72. The molecule has 4 bridgehead atoms. The molecule has 4 aliphatic rings. The largest absolute Gasteiger partial charge is 0.472 e. The van der Waals surface area contributed by atoms with Crippen LogP contribution in [0.4, 0.5) is 18.0 Å². The minimum atomic E-state index is -4.51. The minimum Gasteiger partial charge on any atom is -0.472 e. The van der Waals surface area contributed by atoms with E-state index in [1.54, 1.807) is 12.3 Å². The van der Waals surface area contributed by atoms with Gasteiger partial charge < -0.3 is 25.0 Å². The first-order valence-corrected chi connectivity index (χ1v) is 19.3. The van der Waals surface area contributed by atoms with Gasteiger partial charge in [0.15, 0.2) is 0 Å². The van der Waals surface area contributed by atoms with Crippen LogP contribution in [-0.4, -0.2) is 90.4 Å². The lowest BCUT2D eigenvalue weighted by molar-refractivity contribution is -0.143. The van der Waals surface area contributed by atoms with Crippen LogP contribution >= 0.6 is 0 Å². The van der Waals surface area contributed by atoms with Crippen molar-refractivity contribution < 1.29 is 50.2 Å². The molecule has 2 saturated carbocycles. The monoisotopic (exact) mass is 761 g/mol. The molecule has 13 nitrogen and oxygen atoms in total. The quantitative estimate of drug-likeness (QED) is 0.316. The van der Waals surface area contributed by atoms with Gasteiger partial charge in [-0.05, 0) is 74.4 Å². The number of nitrogens with one attached hydrogen (secondary N) is 3. The molecule has 3 heterocycles. The Morgan fingerprint density at radius 1 is 1.17 bits per heavy atom. The van der Waals surface area contributed by atoms with Gasteiger partial charge in [0.05, 0.1) is 18.4 Å². The lowest BCUT2D eigenvalue weighted by atomic mass is 10.1. The number of carbonyl (C=O) groups is 4. The van der Waals surface area contributed by atoms with Crippen molar-refractivity contribution in [3.05, 3.63) is 54.8 Å². The second-order valence-electron chi connectivity index (χ2n) is 14.0. The second-order valence-corrected chi connectivity index (χ2v) is 16.0. The highest BCUT2D eigenvalue weighted by atomic mass is 32.2. The van der Waals surface area contributed by atoms with Crippen LogP contribution in [0.5, 0.6) is 5.88 Å². The van der Waals surface area contributed by atoms with E-state index in [2.05, 4.69) is 26.9 Å². The highest BCUT2D eigenvalue weighted by Gasteiger charge is 2.62. The Morgan fingerprint density at radius 3 is 2.68 bits per heavy atom. The number of aromatic nitrogens is 1. The highest BCUT2D eigenvalue weighted by molar-refractivity contribution is 7.91. The topological polar surface area (TPSA) is 173 Å². The zero-order valence-corrected chi connectivity index (χ0v) is 29.7. The number of ether oxygens (including phenoxy) is 2. The van der Waals surface area contributed by atoms with Crippen molar-refractivity contribution in [3.63, 3.8) is 0 Å². The van der Waals surface area contributed by atoms with Crippen LogP contribution in [0.2, 0.25) is 0 Å². The van der Waals surface area contributed by atoms with E-state index in [0.717, 1.165) is 15.8 Å². The summed E-state index contributed by atoms with van der Waals surface area (Å²) in [4.78, 5) is 60.2. The number of benzene rings is 1. The first-order chi connectivity index (χ1) is 25.2. The number of amides is 4. The van der Waals surface area contributed by atoms with Gasteiger partial charge in [-0.3, -0.25) is 19.1 Å². The van der Waals surface area contributed by atoms with Gasteiger partial charge in [0, 0.05) is 30.3 Å². The summed E-state index contributed by atoms with van der Waals surface area (Å²) in [7, 11) is -3.97. The van der Waals surface area contributed by atoms with Crippen molar-refractivity contribution in [2.24, 2.45) is 5.92 Å². The number of fused-ring (bicyclic) bond motifs is 3. The molecule has 286 valence electrons. The molecule has 4 amide bonds. The number of allylic oxidation sites excluding steroid dienone is 1. The molecule has 1 saturated heterocycles. The van der Waals surface area contributed by atoms with Crippen molar-refractivity contribution in [2.45, 2.75) is 99.4 Å². The summed E-state index contributed by atoms with van der Waals surface area (Å²) in [5.41, 5.74) is -0.783. The fraction of sp³-hybridized carbons (Fsp3) is 0.528. The third-order valence-electron chi connectivity index (χ3n) is 9.98. The summed E-state index contributed by atoms with van der Waals surface area (Å²) in [5.74, 6) is -2.98. The van der Waals surface area contributed by atoms with E-state index in [-0.39, 0.29) is 31.9 Å². The molecule has 2 aromatic rings. The third-order valence-corrected chi connectivity index (χ3v) is 11.8. The number of pyridine rings is 1. The number of sulfonamides is 1. The Bertz CT molecular complexity index is 1900. The Kier molecular flexibility index (Phi) is 11.0. The molecule has 5 atom stereocenters. The van der Waals surface area contributed by atoms with Gasteiger partial charge in [0.1, 0.15) is 23.7 Å². The first kappa shape index (κ1) is 38.1. The number of hydrogen-bond donors (Lipinski definition) is 3. The molecule has 3 N–H and O–H groups in total. The molecule has 3 fully saturated rings. The van der Waals surface area contributed by atoms with Crippen molar-refractivity contribution in [1.82, 2.24) is 25.2 Å². The van der Waals surface area contributed by atoms with Crippen LogP contribution in [0, 0.1) is 5.92 Å². The smallest absolute Gasteiger partial charge is 0.407 e. The van der Waals surface area contributed by atoms with Crippen LogP contribution in [0.1, 0.15) is 69.8 Å². The summed E-state index contributed by atoms with van der Waals surface area (Å²) in [6.45, 7) is 3.49. The molecule has 0 unspecified atom stereocenters. The van der Waals surface area contributed by atoms with Crippen LogP contribution in [0.25, 0.3) is 16.8 Å². The molecule has 0 radical (unpaired) electrons. The number of cyclic esters (lactones) is 1. The zero-order valence-electron chi connectivity index (χ0n) is 28.9. The standard InChI is InChI=1S/C36H42F3N5O8S/c1-2-24-20-35(24,33(47)43-53(49,50)26-12-13-26)42-30(45)29-19-25-21-44(29)32(46)28(9-7-15-36(37,38)39)41-34(48)51-17-6-4-3-5-8-22-10-11-23-14-16-40-31(52-25)27(23)18-22/h2,5,8,10-11,14,16,18,24-26,28-29H,1,3-4,6-7,9,12-13,15,17,19-21H2,(H,41,48)(H,42,45)(H,43,47)/b8-5+/t24-,25-,28-,29+,35-/m1/s1. The fourth-order valence-corrected chi connectivity index (χ4v) is 8.17. The van der Waals surface area contributed by atoms with Gasteiger partial charge in [-0.1, -0.05) is 30.4 Å². The van der Waals surface area contributed by atoms with Gasteiger partial charge in [0.2, 0.25) is 27.7 Å².